The molecule has 23 heavy (non-hydrogen) atoms. The highest BCUT2D eigenvalue weighted by Gasteiger charge is 2.26. The molecule has 2 aromatic carbocycles. The van der Waals surface area contributed by atoms with E-state index in [4.69, 9.17) is 4.74 Å². The van der Waals surface area contributed by atoms with Crippen LogP contribution in [0.4, 0.5) is 4.39 Å². The molecule has 0 aromatic heterocycles. The number of nitrogens with zero attached hydrogens (tertiary/aromatic N) is 1. The normalized spacial score (nSPS) is 18.8. The van der Waals surface area contributed by atoms with Crippen LogP contribution in [-0.2, 0) is 12.8 Å². The van der Waals surface area contributed by atoms with Crippen LogP contribution >= 0.6 is 0 Å². The van der Waals surface area contributed by atoms with Gasteiger partial charge in [0, 0.05) is 19.1 Å². The summed E-state index contributed by atoms with van der Waals surface area (Å²) in [5.41, 5.74) is 2.76. The fourth-order valence-electron chi connectivity index (χ4n) is 3.55. The number of fused-ring (bicyclic) bond motifs is 1. The lowest BCUT2D eigenvalue weighted by molar-refractivity contribution is 0.133. The van der Waals surface area contributed by atoms with Gasteiger partial charge in [-0.25, -0.2) is 4.39 Å². The van der Waals surface area contributed by atoms with Crippen molar-refractivity contribution in [2.24, 2.45) is 0 Å². The van der Waals surface area contributed by atoms with Crippen LogP contribution in [0.1, 0.15) is 30.4 Å². The Kier molecular flexibility index (Phi) is 4.04. The zero-order valence-corrected chi connectivity index (χ0v) is 13.3. The van der Waals surface area contributed by atoms with Crippen LogP contribution in [0.2, 0.25) is 0 Å². The monoisotopic (exact) mass is 311 g/mol. The topological polar surface area (TPSA) is 12.5 Å². The maximum Gasteiger partial charge on any atom is 0.165 e. The lowest BCUT2D eigenvalue weighted by Gasteiger charge is -2.36. The molecule has 3 heteroatoms. The Bertz CT molecular complexity index is 696. The smallest absolute Gasteiger partial charge is 0.165 e. The van der Waals surface area contributed by atoms with Crippen molar-refractivity contribution < 1.29 is 9.13 Å². The molecule has 1 saturated carbocycles. The Morgan fingerprint density at radius 3 is 2.48 bits per heavy atom. The Labute approximate surface area is 136 Å². The summed E-state index contributed by atoms with van der Waals surface area (Å²) in [4.78, 5) is 2.64. The van der Waals surface area contributed by atoms with Crippen LogP contribution in [-0.4, -0.2) is 24.0 Å². The predicted molar refractivity (Wildman–Crippen MR) is 89.5 cm³/mol. The third kappa shape index (κ3) is 3.11. The van der Waals surface area contributed by atoms with E-state index >= 15 is 0 Å². The highest BCUT2D eigenvalue weighted by Crippen LogP contribution is 2.30. The van der Waals surface area contributed by atoms with E-state index in [0.29, 0.717) is 0 Å². The zero-order chi connectivity index (χ0) is 15.6. The SMILES string of the molecule is Fc1ccccc1Oc1ccc2c(c1)CCN(C1CCC1)CC2. The summed E-state index contributed by atoms with van der Waals surface area (Å²) in [6, 6.07) is 13.6. The van der Waals surface area contributed by atoms with E-state index in [1.54, 1.807) is 18.2 Å². The molecule has 0 amide bonds. The summed E-state index contributed by atoms with van der Waals surface area (Å²) < 4.78 is 19.5. The van der Waals surface area contributed by atoms with Gasteiger partial charge in [-0.15, -0.1) is 0 Å². The zero-order valence-electron chi connectivity index (χ0n) is 13.3. The van der Waals surface area contributed by atoms with Gasteiger partial charge in [-0.05, 0) is 61.1 Å². The molecule has 120 valence electrons. The third-order valence-corrected chi connectivity index (χ3v) is 5.17. The van der Waals surface area contributed by atoms with E-state index in [2.05, 4.69) is 17.0 Å². The van der Waals surface area contributed by atoms with Crippen molar-refractivity contribution in [2.45, 2.75) is 38.1 Å². The van der Waals surface area contributed by atoms with E-state index in [0.717, 1.165) is 37.7 Å². The molecule has 0 radical (unpaired) electrons. The Hall–Kier alpha value is -1.87. The van der Waals surface area contributed by atoms with Gasteiger partial charge in [0.05, 0.1) is 0 Å². The largest absolute Gasteiger partial charge is 0.454 e. The first-order valence-electron chi connectivity index (χ1n) is 8.58. The molecule has 4 rings (SSSR count). The van der Waals surface area contributed by atoms with Crippen molar-refractivity contribution in [3.8, 4) is 11.5 Å². The van der Waals surface area contributed by atoms with Crippen LogP contribution in [0.3, 0.4) is 0 Å². The summed E-state index contributed by atoms with van der Waals surface area (Å²) in [5, 5.41) is 0. The number of ether oxygens (including phenoxy) is 1. The Morgan fingerprint density at radius 1 is 0.957 bits per heavy atom. The van der Waals surface area contributed by atoms with E-state index in [-0.39, 0.29) is 11.6 Å². The van der Waals surface area contributed by atoms with Gasteiger partial charge in [-0.3, -0.25) is 4.90 Å². The predicted octanol–water partition coefficient (Wildman–Crippen LogP) is 4.57. The Morgan fingerprint density at radius 2 is 1.74 bits per heavy atom. The number of halogens is 1. The van der Waals surface area contributed by atoms with Crippen LogP contribution in [0, 0.1) is 5.82 Å². The van der Waals surface area contributed by atoms with Crippen LogP contribution in [0.5, 0.6) is 11.5 Å². The van der Waals surface area contributed by atoms with Crippen molar-refractivity contribution in [2.75, 3.05) is 13.1 Å². The number of hydrogen-bond acceptors (Lipinski definition) is 2. The van der Waals surface area contributed by atoms with E-state index < -0.39 is 0 Å². The van der Waals surface area contributed by atoms with Crippen LogP contribution in [0.25, 0.3) is 0 Å². The van der Waals surface area contributed by atoms with Crippen LogP contribution < -0.4 is 4.74 Å². The van der Waals surface area contributed by atoms with E-state index in [9.17, 15) is 4.39 Å². The molecule has 0 atom stereocenters. The molecular weight excluding hydrogens is 289 g/mol. The van der Waals surface area contributed by atoms with Crippen LogP contribution in [0.15, 0.2) is 42.5 Å². The molecule has 1 heterocycles. The van der Waals surface area contributed by atoms with Crippen molar-refractivity contribution in [1.82, 2.24) is 4.90 Å². The standard InChI is InChI=1S/C20H22FNO/c21-19-6-1-2-7-20(19)23-18-9-8-15-10-12-22(17-4-3-5-17)13-11-16(15)14-18/h1-2,6-9,14,17H,3-5,10-13H2. The second-order valence-electron chi connectivity index (χ2n) is 6.58. The van der Waals surface area contributed by atoms with Gasteiger partial charge in [0.2, 0.25) is 0 Å². The Balaban J connectivity index is 1.50. The minimum absolute atomic E-state index is 0.289. The molecule has 2 aromatic rings. The molecule has 0 unspecified atom stereocenters. The molecule has 0 saturated heterocycles. The molecule has 0 bridgehead atoms. The molecule has 2 aliphatic rings. The first-order chi connectivity index (χ1) is 11.3. The summed E-state index contributed by atoms with van der Waals surface area (Å²) in [5.74, 6) is 0.696. The minimum Gasteiger partial charge on any atom is -0.454 e. The third-order valence-electron chi connectivity index (χ3n) is 5.17. The number of rotatable bonds is 3. The quantitative estimate of drug-likeness (QED) is 0.823. The average molecular weight is 311 g/mol. The molecule has 1 aliphatic carbocycles. The number of benzene rings is 2. The van der Waals surface area contributed by atoms with Crippen molar-refractivity contribution >= 4 is 0 Å². The van der Waals surface area contributed by atoms with Crippen molar-refractivity contribution in [1.29, 1.82) is 0 Å². The van der Waals surface area contributed by atoms with Gasteiger partial charge in [0.1, 0.15) is 5.75 Å². The van der Waals surface area contributed by atoms with Gasteiger partial charge < -0.3 is 4.74 Å². The van der Waals surface area contributed by atoms with E-state index in [1.165, 1.54) is 36.5 Å². The molecule has 1 fully saturated rings. The summed E-state index contributed by atoms with van der Waals surface area (Å²) in [6.07, 6.45) is 6.26. The van der Waals surface area contributed by atoms with Gasteiger partial charge >= 0.3 is 0 Å². The number of para-hydroxylation sites is 1. The highest BCUT2D eigenvalue weighted by atomic mass is 19.1. The van der Waals surface area contributed by atoms with Crippen molar-refractivity contribution in [3.05, 3.63) is 59.4 Å². The second-order valence-corrected chi connectivity index (χ2v) is 6.58. The summed E-state index contributed by atoms with van der Waals surface area (Å²) in [6.45, 7) is 2.28. The fraction of sp³-hybridized carbons (Fsp3) is 0.400. The lowest BCUT2D eigenvalue weighted by Crippen LogP contribution is -2.41. The van der Waals surface area contributed by atoms with Crippen molar-refractivity contribution in [3.63, 3.8) is 0 Å². The maximum atomic E-state index is 13.7. The first-order valence-corrected chi connectivity index (χ1v) is 8.58. The molecule has 2 nitrogen and oxygen atoms in total. The minimum atomic E-state index is -0.321. The molecule has 1 aliphatic heterocycles. The van der Waals surface area contributed by atoms with E-state index in [1.807, 2.05) is 6.07 Å². The summed E-state index contributed by atoms with van der Waals surface area (Å²) in [7, 11) is 0. The van der Waals surface area contributed by atoms with Gasteiger partial charge in [-0.2, -0.15) is 0 Å². The molecule has 0 N–H and O–H groups in total. The highest BCUT2D eigenvalue weighted by molar-refractivity contribution is 5.39. The first kappa shape index (κ1) is 14.7. The average Bonchev–Trinajstić information content (AvgIpc) is 2.71. The fourth-order valence-corrected chi connectivity index (χ4v) is 3.55. The van der Waals surface area contributed by atoms with Gasteiger partial charge in [0.15, 0.2) is 11.6 Å². The lowest BCUT2D eigenvalue weighted by atomic mass is 9.91. The molecule has 0 spiro atoms. The van der Waals surface area contributed by atoms with Gasteiger partial charge in [-0.1, -0.05) is 24.6 Å². The number of hydrogen-bond donors (Lipinski definition) is 0. The maximum absolute atomic E-state index is 13.7. The second kappa shape index (κ2) is 6.32. The summed E-state index contributed by atoms with van der Waals surface area (Å²) >= 11 is 0. The molecular formula is C20H22FNO. The van der Waals surface area contributed by atoms with Gasteiger partial charge in [0.25, 0.3) is 0 Å².